The molecule has 0 radical (unpaired) electrons. The highest BCUT2D eigenvalue weighted by Gasteiger charge is 2.17. The second-order valence-corrected chi connectivity index (χ2v) is 7.29. The smallest absolute Gasteiger partial charge is 0.330 e. The zero-order chi connectivity index (χ0) is 19.6. The molecular formula is C21H27IN2O3. The van der Waals surface area contributed by atoms with E-state index in [1.807, 2.05) is 29.3 Å². The Morgan fingerprint density at radius 1 is 1.26 bits per heavy atom. The van der Waals surface area contributed by atoms with Gasteiger partial charge in [-0.15, -0.1) is 0 Å². The zero-order valence-corrected chi connectivity index (χ0v) is 18.1. The number of hydrogen-bond donors (Lipinski definition) is 1. The number of carbonyl (C=O) groups is 2. The van der Waals surface area contributed by atoms with Crippen molar-refractivity contribution in [2.24, 2.45) is 5.92 Å². The van der Waals surface area contributed by atoms with Crippen molar-refractivity contribution in [3.05, 3.63) is 48.2 Å². The van der Waals surface area contributed by atoms with Gasteiger partial charge < -0.3 is 14.6 Å². The molecule has 0 bridgehead atoms. The summed E-state index contributed by atoms with van der Waals surface area (Å²) in [6.07, 6.45) is 6.34. The van der Waals surface area contributed by atoms with Crippen molar-refractivity contribution in [1.29, 1.82) is 0 Å². The molecule has 1 amide bonds. The van der Waals surface area contributed by atoms with E-state index in [-0.39, 0.29) is 5.91 Å². The SMILES string of the molecule is CCOC(=O)/C=C/C(=O)N(CCc1c[nH]c2ccccc12)CC(CC)CI. The minimum atomic E-state index is -0.483. The van der Waals surface area contributed by atoms with E-state index in [2.05, 4.69) is 40.6 Å². The number of amides is 1. The van der Waals surface area contributed by atoms with Gasteiger partial charge >= 0.3 is 5.97 Å². The van der Waals surface area contributed by atoms with Crippen molar-refractivity contribution in [3.8, 4) is 0 Å². The highest BCUT2D eigenvalue weighted by atomic mass is 127. The lowest BCUT2D eigenvalue weighted by atomic mass is 10.1. The van der Waals surface area contributed by atoms with E-state index in [1.165, 1.54) is 23.1 Å². The molecule has 0 aliphatic carbocycles. The molecule has 0 aliphatic heterocycles. The van der Waals surface area contributed by atoms with E-state index in [0.29, 0.717) is 25.6 Å². The lowest BCUT2D eigenvalue weighted by Gasteiger charge is -2.25. The van der Waals surface area contributed by atoms with E-state index in [9.17, 15) is 9.59 Å². The van der Waals surface area contributed by atoms with E-state index in [4.69, 9.17) is 4.74 Å². The lowest BCUT2D eigenvalue weighted by Crippen LogP contribution is -2.36. The van der Waals surface area contributed by atoms with Crippen LogP contribution in [-0.2, 0) is 20.7 Å². The van der Waals surface area contributed by atoms with Crippen LogP contribution in [0.4, 0.5) is 0 Å². The molecule has 0 saturated heterocycles. The van der Waals surface area contributed by atoms with Crippen LogP contribution < -0.4 is 0 Å². The Labute approximate surface area is 174 Å². The molecule has 2 rings (SSSR count). The van der Waals surface area contributed by atoms with Crippen molar-refractivity contribution in [2.45, 2.75) is 26.7 Å². The molecule has 1 atom stereocenters. The molecule has 2 aromatic rings. The van der Waals surface area contributed by atoms with Crippen LogP contribution in [-0.4, -0.2) is 45.9 Å². The number of nitrogens with one attached hydrogen (secondary N) is 1. The van der Waals surface area contributed by atoms with Crippen molar-refractivity contribution in [3.63, 3.8) is 0 Å². The first-order chi connectivity index (χ1) is 13.1. The number of fused-ring (bicyclic) bond motifs is 1. The number of rotatable bonds is 10. The van der Waals surface area contributed by atoms with Crippen LogP contribution >= 0.6 is 22.6 Å². The third-order valence-electron chi connectivity index (χ3n) is 4.56. The number of hydrogen-bond acceptors (Lipinski definition) is 3. The van der Waals surface area contributed by atoms with Gasteiger partial charge in [0.05, 0.1) is 6.61 Å². The average molecular weight is 482 g/mol. The van der Waals surface area contributed by atoms with Crippen LogP contribution in [0.1, 0.15) is 25.8 Å². The van der Waals surface area contributed by atoms with Gasteiger partial charge in [0.25, 0.3) is 0 Å². The summed E-state index contributed by atoms with van der Waals surface area (Å²) in [5.41, 5.74) is 2.30. The standard InChI is InChI=1S/C21H27IN2O3/c1-3-16(13-22)15-24(20(25)9-10-21(26)27-4-2)12-11-17-14-23-19-8-6-5-7-18(17)19/h5-10,14,16,23H,3-4,11-13,15H2,1-2H3/b10-9+. The maximum absolute atomic E-state index is 12.7. The Bertz CT molecular complexity index is 781. The van der Waals surface area contributed by atoms with Gasteiger partial charge in [0.15, 0.2) is 0 Å². The summed E-state index contributed by atoms with van der Waals surface area (Å²) in [5.74, 6) is -0.192. The largest absolute Gasteiger partial charge is 0.463 e. The second kappa shape index (κ2) is 11.1. The quantitative estimate of drug-likeness (QED) is 0.240. The lowest BCUT2D eigenvalue weighted by molar-refractivity contribution is -0.137. The fraction of sp³-hybridized carbons (Fsp3) is 0.429. The molecule has 5 nitrogen and oxygen atoms in total. The van der Waals surface area contributed by atoms with Gasteiger partial charge in [-0.3, -0.25) is 4.79 Å². The van der Waals surface area contributed by atoms with Gasteiger partial charge in [-0.2, -0.15) is 0 Å². The van der Waals surface area contributed by atoms with Crippen LogP contribution in [0.2, 0.25) is 0 Å². The first-order valence-electron chi connectivity index (χ1n) is 9.33. The molecule has 0 saturated carbocycles. The Balaban J connectivity index is 2.09. The molecule has 27 heavy (non-hydrogen) atoms. The maximum Gasteiger partial charge on any atom is 0.330 e. The Hall–Kier alpha value is -1.83. The molecule has 6 heteroatoms. The number of aromatic nitrogens is 1. The summed E-state index contributed by atoms with van der Waals surface area (Å²) < 4.78 is 5.85. The van der Waals surface area contributed by atoms with Gasteiger partial charge in [0.1, 0.15) is 0 Å². The molecule has 1 aromatic carbocycles. The van der Waals surface area contributed by atoms with Gasteiger partial charge in [-0.1, -0.05) is 54.1 Å². The summed E-state index contributed by atoms with van der Waals surface area (Å²) in [7, 11) is 0. The summed E-state index contributed by atoms with van der Waals surface area (Å²) in [6, 6.07) is 8.17. The third kappa shape index (κ3) is 6.37. The number of alkyl halides is 1. The monoisotopic (exact) mass is 482 g/mol. The molecule has 0 spiro atoms. The van der Waals surface area contributed by atoms with Gasteiger partial charge in [0.2, 0.25) is 5.91 Å². The van der Waals surface area contributed by atoms with Crippen molar-refractivity contribution in [1.82, 2.24) is 9.88 Å². The molecule has 1 N–H and O–H groups in total. The van der Waals surface area contributed by atoms with Crippen LogP contribution in [0.5, 0.6) is 0 Å². The van der Waals surface area contributed by atoms with Crippen molar-refractivity contribution < 1.29 is 14.3 Å². The second-order valence-electron chi connectivity index (χ2n) is 6.41. The normalized spacial score (nSPS) is 12.4. The first kappa shape index (κ1) is 21.5. The number of halogens is 1. The van der Waals surface area contributed by atoms with Crippen LogP contribution in [0.3, 0.4) is 0 Å². The number of aromatic amines is 1. The fourth-order valence-electron chi connectivity index (χ4n) is 2.92. The summed E-state index contributed by atoms with van der Waals surface area (Å²) in [6.45, 7) is 5.48. The predicted molar refractivity (Wildman–Crippen MR) is 117 cm³/mol. The number of carbonyl (C=O) groups excluding carboxylic acids is 2. The van der Waals surface area contributed by atoms with Crippen molar-refractivity contribution >= 4 is 45.4 Å². The number of nitrogens with zero attached hydrogens (tertiary/aromatic N) is 1. The van der Waals surface area contributed by atoms with Gasteiger partial charge in [-0.05, 0) is 30.9 Å². The van der Waals surface area contributed by atoms with E-state index < -0.39 is 5.97 Å². The number of benzene rings is 1. The van der Waals surface area contributed by atoms with Gasteiger partial charge in [-0.25, -0.2) is 4.79 Å². The maximum atomic E-state index is 12.7. The molecule has 0 aliphatic rings. The Morgan fingerprint density at radius 2 is 2.04 bits per heavy atom. The average Bonchev–Trinajstić information content (AvgIpc) is 3.10. The van der Waals surface area contributed by atoms with E-state index in [1.54, 1.807) is 6.92 Å². The molecule has 146 valence electrons. The number of para-hydroxylation sites is 1. The predicted octanol–water partition coefficient (Wildman–Crippen LogP) is 4.12. The van der Waals surface area contributed by atoms with Crippen LogP contribution in [0, 0.1) is 5.92 Å². The van der Waals surface area contributed by atoms with E-state index >= 15 is 0 Å². The Kier molecular flexibility index (Phi) is 8.84. The minimum absolute atomic E-state index is 0.147. The van der Waals surface area contributed by atoms with Crippen LogP contribution in [0.25, 0.3) is 10.9 Å². The number of H-pyrrole nitrogens is 1. The minimum Gasteiger partial charge on any atom is -0.463 e. The number of esters is 1. The zero-order valence-electron chi connectivity index (χ0n) is 15.9. The van der Waals surface area contributed by atoms with Crippen molar-refractivity contribution in [2.75, 3.05) is 24.1 Å². The number of ether oxygens (including phenoxy) is 1. The summed E-state index contributed by atoms with van der Waals surface area (Å²) >= 11 is 2.36. The Morgan fingerprint density at radius 3 is 2.74 bits per heavy atom. The summed E-state index contributed by atoms with van der Waals surface area (Å²) in [4.78, 5) is 29.3. The fourth-order valence-corrected chi connectivity index (χ4v) is 3.82. The highest BCUT2D eigenvalue weighted by Crippen LogP contribution is 2.19. The van der Waals surface area contributed by atoms with Crippen LogP contribution in [0.15, 0.2) is 42.6 Å². The third-order valence-corrected chi connectivity index (χ3v) is 5.81. The topological polar surface area (TPSA) is 62.4 Å². The molecule has 1 heterocycles. The molecule has 0 fully saturated rings. The molecule has 1 aromatic heterocycles. The molecular weight excluding hydrogens is 455 g/mol. The van der Waals surface area contributed by atoms with E-state index in [0.717, 1.165) is 22.8 Å². The first-order valence-corrected chi connectivity index (χ1v) is 10.9. The summed E-state index contributed by atoms with van der Waals surface area (Å²) in [5, 5.41) is 1.19. The van der Waals surface area contributed by atoms with Gasteiger partial charge in [0, 0.05) is 46.8 Å². The highest BCUT2D eigenvalue weighted by molar-refractivity contribution is 14.1. The molecule has 1 unspecified atom stereocenters.